The average molecular weight is 172 g/mol. The van der Waals surface area contributed by atoms with Crippen LogP contribution in [0.3, 0.4) is 0 Å². The van der Waals surface area contributed by atoms with Crippen molar-refractivity contribution >= 4 is 0 Å². The van der Waals surface area contributed by atoms with Crippen LogP contribution in [0.15, 0.2) is 11.5 Å². The molecule has 0 aromatic carbocycles. The maximum Gasteiger partial charge on any atom is 0.121 e. The van der Waals surface area contributed by atoms with Gasteiger partial charge in [-0.1, -0.05) is 0 Å². The normalized spacial score (nSPS) is 28.3. The molecule has 12 heavy (non-hydrogen) atoms. The summed E-state index contributed by atoms with van der Waals surface area (Å²) in [5.74, 6) is 0.599. The summed E-state index contributed by atoms with van der Waals surface area (Å²) in [7, 11) is 3.79. The van der Waals surface area contributed by atoms with Gasteiger partial charge in [0.15, 0.2) is 0 Å². The SMILES string of the molecule is CN1COCN(C)/C(N)=C(/N)C1. The second kappa shape index (κ2) is 3.64. The van der Waals surface area contributed by atoms with Crippen molar-refractivity contribution in [3.8, 4) is 0 Å². The molecule has 0 spiro atoms. The Bertz CT molecular complexity index is 192. The van der Waals surface area contributed by atoms with E-state index in [1.54, 1.807) is 4.90 Å². The quantitative estimate of drug-likeness (QED) is 0.484. The van der Waals surface area contributed by atoms with Gasteiger partial charge in [0.05, 0.1) is 5.70 Å². The van der Waals surface area contributed by atoms with Gasteiger partial charge in [-0.05, 0) is 7.05 Å². The van der Waals surface area contributed by atoms with Crippen molar-refractivity contribution in [1.82, 2.24) is 9.80 Å². The minimum absolute atomic E-state index is 0.483. The molecule has 1 aliphatic rings. The molecule has 0 saturated carbocycles. The van der Waals surface area contributed by atoms with E-state index in [1.165, 1.54) is 0 Å². The molecule has 5 heteroatoms. The van der Waals surface area contributed by atoms with E-state index >= 15 is 0 Å². The molecule has 5 nitrogen and oxygen atoms in total. The Morgan fingerprint density at radius 1 is 1.25 bits per heavy atom. The van der Waals surface area contributed by atoms with Crippen LogP contribution < -0.4 is 11.5 Å². The van der Waals surface area contributed by atoms with E-state index in [0.717, 1.165) is 0 Å². The van der Waals surface area contributed by atoms with Gasteiger partial charge in [-0.25, -0.2) is 0 Å². The molecule has 0 aliphatic carbocycles. The molecule has 0 unspecified atom stereocenters. The predicted octanol–water partition coefficient (Wildman–Crippen LogP) is -1.12. The van der Waals surface area contributed by atoms with Crippen molar-refractivity contribution in [2.45, 2.75) is 0 Å². The van der Waals surface area contributed by atoms with Crippen LogP contribution in [0.1, 0.15) is 0 Å². The summed E-state index contributed by atoms with van der Waals surface area (Å²) in [5, 5.41) is 0. The first-order valence-corrected chi connectivity index (χ1v) is 3.82. The first-order chi connectivity index (χ1) is 5.61. The van der Waals surface area contributed by atoms with Gasteiger partial charge in [0.2, 0.25) is 0 Å². The van der Waals surface area contributed by atoms with Crippen LogP contribution >= 0.6 is 0 Å². The van der Waals surface area contributed by atoms with Gasteiger partial charge >= 0.3 is 0 Å². The number of nitrogens with zero attached hydrogens (tertiary/aromatic N) is 2. The first-order valence-electron chi connectivity index (χ1n) is 3.82. The topological polar surface area (TPSA) is 67.8 Å². The molecule has 0 aromatic rings. The molecule has 0 bridgehead atoms. The van der Waals surface area contributed by atoms with Gasteiger partial charge < -0.3 is 21.1 Å². The molecule has 0 aromatic heterocycles. The van der Waals surface area contributed by atoms with Crippen molar-refractivity contribution in [3.63, 3.8) is 0 Å². The molecule has 70 valence electrons. The van der Waals surface area contributed by atoms with E-state index in [4.69, 9.17) is 16.2 Å². The van der Waals surface area contributed by atoms with E-state index in [2.05, 4.69) is 0 Å². The van der Waals surface area contributed by atoms with E-state index in [9.17, 15) is 0 Å². The first kappa shape index (κ1) is 9.15. The highest BCUT2D eigenvalue weighted by Gasteiger charge is 2.11. The van der Waals surface area contributed by atoms with Crippen LogP contribution in [0.25, 0.3) is 0 Å². The second-order valence-corrected chi connectivity index (χ2v) is 3.08. The Balaban J connectivity index is 2.72. The summed E-state index contributed by atoms with van der Waals surface area (Å²) in [4.78, 5) is 3.76. The Morgan fingerprint density at radius 3 is 2.58 bits per heavy atom. The summed E-state index contributed by atoms with van der Waals surface area (Å²) in [6.45, 7) is 1.71. The fourth-order valence-corrected chi connectivity index (χ4v) is 1.07. The zero-order valence-corrected chi connectivity index (χ0v) is 7.58. The van der Waals surface area contributed by atoms with E-state index in [-0.39, 0.29) is 0 Å². The van der Waals surface area contributed by atoms with Crippen molar-refractivity contribution in [3.05, 3.63) is 11.5 Å². The molecule has 0 fully saturated rings. The Kier molecular flexibility index (Phi) is 2.78. The van der Waals surface area contributed by atoms with E-state index < -0.39 is 0 Å². The highest BCUT2D eigenvalue weighted by Crippen LogP contribution is 2.03. The molecule has 1 aliphatic heterocycles. The molecule has 1 heterocycles. The zero-order valence-electron chi connectivity index (χ0n) is 7.58. The third-order valence-electron chi connectivity index (χ3n) is 1.78. The fraction of sp³-hybridized carbons (Fsp3) is 0.714. The lowest BCUT2D eigenvalue weighted by Gasteiger charge is -2.27. The highest BCUT2D eigenvalue weighted by atomic mass is 16.5. The number of nitrogens with two attached hydrogens (primary N) is 2. The molecule has 0 radical (unpaired) electrons. The second-order valence-electron chi connectivity index (χ2n) is 3.08. The van der Waals surface area contributed by atoms with Gasteiger partial charge in [-0.2, -0.15) is 0 Å². The molecule has 4 N–H and O–H groups in total. The van der Waals surface area contributed by atoms with Gasteiger partial charge in [0, 0.05) is 13.6 Å². The third kappa shape index (κ3) is 2.02. The molecule has 0 saturated heterocycles. The standard InChI is InChI=1S/C7H16N4O/c1-10-3-6(8)7(9)11(2)5-12-4-10/h3-5,8-9H2,1-2H3/b7-6+. The van der Waals surface area contributed by atoms with E-state index in [1.807, 2.05) is 19.0 Å². The zero-order chi connectivity index (χ0) is 9.14. The van der Waals surface area contributed by atoms with Crippen LogP contribution in [-0.2, 0) is 4.74 Å². The molecular formula is C7H16N4O. The molecular weight excluding hydrogens is 156 g/mol. The van der Waals surface area contributed by atoms with Crippen molar-refractivity contribution < 1.29 is 4.74 Å². The Hall–Kier alpha value is -0.940. The number of hydrogen-bond acceptors (Lipinski definition) is 5. The smallest absolute Gasteiger partial charge is 0.121 e. The van der Waals surface area contributed by atoms with Gasteiger partial charge in [-0.15, -0.1) is 0 Å². The molecule has 0 amide bonds. The Morgan fingerprint density at radius 2 is 1.92 bits per heavy atom. The minimum Gasteiger partial charge on any atom is -0.398 e. The van der Waals surface area contributed by atoms with E-state index in [0.29, 0.717) is 31.5 Å². The predicted molar refractivity (Wildman–Crippen MR) is 46.6 cm³/mol. The van der Waals surface area contributed by atoms with Crippen LogP contribution in [0, 0.1) is 0 Å². The number of hydrogen-bond donors (Lipinski definition) is 2. The summed E-state index contributed by atoms with van der Waals surface area (Å²) in [6.07, 6.45) is 0. The summed E-state index contributed by atoms with van der Waals surface area (Å²) < 4.78 is 5.30. The van der Waals surface area contributed by atoms with Gasteiger partial charge in [0.1, 0.15) is 19.3 Å². The fourth-order valence-electron chi connectivity index (χ4n) is 1.07. The maximum atomic E-state index is 5.74. The van der Waals surface area contributed by atoms with Crippen molar-refractivity contribution in [1.29, 1.82) is 0 Å². The highest BCUT2D eigenvalue weighted by molar-refractivity contribution is 5.07. The lowest BCUT2D eigenvalue weighted by molar-refractivity contribution is -0.00768. The third-order valence-corrected chi connectivity index (χ3v) is 1.78. The number of rotatable bonds is 0. The van der Waals surface area contributed by atoms with Crippen LogP contribution in [0.2, 0.25) is 0 Å². The monoisotopic (exact) mass is 172 g/mol. The number of ether oxygens (including phenoxy) is 1. The average Bonchev–Trinajstić information content (AvgIpc) is 2.01. The van der Waals surface area contributed by atoms with Gasteiger partial charge in [0.25, 0.3) is 0 Å². The van der Waals surface area contributed by atoms with Gasteiger partial charge in [-0.3, -0.25) is 4.90 Å². The Labute approximate surface area is 72.5 Å². The maximum absolute atomic E-state index is 5.74. The summed E-state index contributed by atoms with van der Waals surface area (Å²) in [5.41, 5.74) is 12.2. The van der Waals surface area contributed by atoms with Crippen LogP contribution in [0.5, 0.6) is 0 Å². The lowest BCUT2D eigenvalue weighted by Crippen LogP contribution is -2.38. The van der Waals surface area contributed by atoms with Crippen molar-refractivity contribution in [2.75, 3.05) is 34.1 Å². The molecule has 1 rings (SSSR count). The largest absolute Gasteiger partial charge is 0.398 e. The minimum atomic E-state index is 0.483. The summed E-state index contributed by atoms with van der Waals surface area (Å²) in [6, 6.07) is 0. The summed E-state index contributed by atoms with van der Waals surface area (Å²) >= 11 is 0. The molecule has 0 atom stereocenters. The van der Waals surface area contributed by atoms with Crippen molar-refractivity contribution in [2.24, 2.45) is 11.5 Å². The number of likely N-dealkylation sites (N-methyl/N-ethyl adjacent to an activating group) is 1. The van der Waals surface area contributed by atoms with Crippen LogP contribution in [0.4, 0.5) is 0 Å². The lowest BCUT2D eigenvalue weighted by atomic mass is 10.4. The van der Waals surface area contributed by atoms with Crippen LogP contribution in [-0.4, -0.2) is 43.9 Å².